The molecule has 162 valence electrons. The highest BCUT2D eigenvalue weighted by molar-refractivity contribution is 6.39. The second kappa shape index (κ2) is 10.6. The number of amides is 2. The van der Waals surface area contributed by atoms with Crippen LogP contribution in [0.1, 0.15) is 13.8 Å². The van der Waals surface area contributed by atoms with E-state index in [4.69, 9.17) is 4.74 Å². The molecule has 2 amide bonds. The van der Waals surface area contributed by atoms with Crippen LogP contribution in [0.15, 0.2) is 24.3 Å². The van der Waals surface area contributed by atoms with Crippen molar-refractivity contribution in [2.24, 2.45) is 0 Å². The summed E-state index contributed by atoms with van der Waals surface area (Å²) >= 11 is 0. The van der Waals surface area contributed by atoms with Crippen molar-refractivity contribution in [1.29, 1.82) is 0 Å². The highest BCUT2D eigenvalue weighted by atomic mass is 16.5. The summed E-state index contributed by atoms with van der Waals surface area (Å²) in [7, 11) is 6.00. The number of piperazine rings is 1. The van der Waals surface area contributed by atoms with E-state index in [0.717, 1.165) is 38.5 Å². The number of rotatable bonds is 8. The Hall–Kier alpha value is -2.16. The number of benzene rings is 1. The zero-order chi connectivity index (χ0) is 21.4. The fraction of sp³-hybridized carbons (Fsp3) is 0.619. The average Bonchev–Trinajstić information content (AvgIpc) is 2.69. The predicted molar refractivity (Wildman–Crippen MR) is 115 cm³/mol. The number of carbonyl (C=O) groups is 2. The lowest BCUT2D eigenvalue weighted by Gasteiger charge is -2.32. The molecule has 0 unspecified atom stereocenters. The molecular formula is C21H35N5O3. The molecular weight excluding hydrogens is 370 g/mol. The van der Waals surface area contributed by atoms with E-state index in [-0.39, 0.29) is 5.54 Å². The number of hydrogen-bond donors (Lipinski definition) is 2. The molecule has 1 heterocycles. The molecule has 0 spiro atoms. The number of anilines is 1. The average molecular weight is 406 g/mol. The van der Waals surface area contributed by atoms with Gasteiger partial charge in [-0.15, -0.1) is 0 Å². The maximum atomic E-state index is 12.1. The van der Waals surface area contributed by atoms with Crippen molar-refractivity contribution in [1.82, 2.24) is 20.0 Å². The Morgan fingerprint density at radius 3 is 2.28 bits per heavy atom. The smallest absolute Gasteiger partial charge is 0.313 e. The first-order chi connectivity index (χ1) is 13.7. The molecule has 1 saturated heterocycles. The molecule has 0 atom stereocenters. The lowest BCUT2D eigenvalue weighted by molar-refractivity contribution is -0.136. The lowest BCUT2D eigenvalue weighted by atomic mass is 10.0. The summed E-state index contributed by atoms with van der Waals surface area (Å²) in [6.45, 7) is 10.2. The third kappa shape index (κ3) is 7.64. The van der Waals surface area contributed by atoms with Gasteiger partial charge in [-0.3, -0.25) is 14.5 Å². The summed E-state index contributed by atoms with van der Waals surface area (Å²) in [5, 5.41) is 5.29. The number of likely N-dealkylation sites (N-methyl/N-ethyl adjacent to an activating group) is 2. The minimum atomic E-state index is -0.678. The van der Waals surface area contributed by atoms with Crippen LogP contribution in [0.5, 0.6) is 5.75 Å². The van der Waals surface area contributed by atoms with Crippen molar-refractivity contribution in [3.63, 3.8) is 0 Å². The van der Waals surface area contributed by atoms with Crippen LogP contribution in [0.4, 0.5) is 5.69 Å². The Balaban J connectivity index is 1.72. The fourth-order valence-electron chi connectivity index (χ4n) is 2.72. The maximum Gasteiger partial charge on any atom is 0.313 e. The fourth-order valence-corrected chi connectivity index (χ4v) is 2.72. The van der Waals surface area contributed by atoms with Crippen molar-refractivity contribution in [3.8, 4) is 5.75 Å². The van der Waals surface area contributed by atoms with E-state index in [1.807, 2.05) is 32.8 Å². The first kappa shape index (κ1) is 23.1. The largest absolute Gasteiger partial charge is 0.492 e. The van der Waals surface area contributed by atoms with Crippen LogP contribution in [-0.4, -0.2) is 99.1 Å². The summed E-state index contributed by atoms with van der Waals surface area (Å²) in [5.74, 6) is -0.579. The molecule has 1 aromatic rings. The summed E-state index contributed by atoms with van der Waals surface area (Å²) in [5.41, 5.74) is 0.322. The standard InChI is InChI=1S/C21H35N5O3/c1-21(2,24(3)4)16-22-19(27)20(28)23-17-6-8-18(9-7-17)29-15-14-26-12-10-25(5)11-13-26/h6-9H,10-16H2,1-5H3,(H,22,27)(H,23,28). The molecule has 1 fully saturated rings. The van der Waals surface area contributed by atoms with Gasteiger partial charge >= 0.3 is 11.8 Å². The third-order valence-electron chi connectivity index (χ3n) is 5.48. The third-order valence-corrected chi connectivity index (χ3v) is 5.48. The van der Waals surface area contributed by atoms with E-state index in [0.29, 0.717) is 18.8 Å². The van der Waals surface area contributed by atoms with Crippen LogP contribution in [0.25, 0.3) is 0 Å². The van der Waals surface area contributed by atoms with Gasteiger partial charge in [0, 0.05) is 50.5 Å². The zero-order valence-electron chi connectivity index (χ0n) is 18.3. The summed E-state index contributed by atoms with van der Waals surface area (Å²) < 4.78 is 5.79. The molecule has 1 aromatic carbocycles. The molecule has 2 rings (SSSR count). The van der Waals surface area contributed by atoms with Crippen LogP contribution in [0, 0.1) is 0 Å². The minimum absolute atomic E-state index is 0.237. The van der Waals surface area contributed by atoms with Crippen LogP contribution >= 0.6 is 0 Å². The Bertz CT molecular complexity index is 667. The second-order valence-electron chi connectivity index (χ2n) is 8.36. The van der Waals surface area contributed by atoms with Gasteiger partial charge in [-0.1, -0.05) is 0 Å². The summed E-state index contributed by atoms with van der Waals surface area (Å²) in [6, 6.07) is 7.07. The van der Waals surface area contributed by atoms with Gasteiger partial charge in [0.15, 0.2) is 0 Å². The van der Waals surface area contributed by atoms with Gasteiger partial charge < -0.3 is 25.2 Å². The van der Waals surface area contributed by atoms with E-state index in [1.165, 1.54) is 0 Å². The quantitative estimate of drug-likeness (QED) is 0.621. The van der Waals surface area contributed by atoms with Crippen LogP contribution in [-0.2, 0) is 9.59 Å². The molecule has 8 nitrogen and oxygen atoms in total. The lowest BCUT2D eigenvalue weighted by Crippen LogP contribution is -2.50. The molecule has 0 aliphatic carbocycles. The van der Waals surface area contributed by atoms with Crippen molar-refractivity contribution < 1.29 is 14.3 Å². The van der Waals surface area contributed by atoms with E-state index < -0.39 is 11.8 Å². The number of hydrogen-bond acceptors (Lipinski definition) is 6. The Morgan fingerprint density at radius 2 is 1.69 bits per heavy atom. The van der Waals surface area contributed by atoms with Crippen molar-refractivity contribution >= 4 is 17.5 Å². The minimum Gasteiger partial charge on any atom is -0.492 e. The van der Waals surface area contributed by atoms with Crippen molar-refractivity contribution in [3.05, 3.63) is 24.3 Å². The number of nitrogens with one attached hydrogen (secondary N) is 2. The maximum absolute atomic E-state index is 12.1. The van der Waals surface area contributed by atoms with Gasteiger partial charge in [-0.05, 0) is 59.3 Å². The highest BCUT2D eigenvalue weighted by Crippen LogP contribution is 2.16. The topological polar surface area (TPSA) is 77.1 Å². The van der Waals surface area contributed by atoms with Gasteiger partial charge in [0.2, 0.25) is 0 Å². The zero-order valence-corrected chi connectivity index (χ0v) is 18.3. The number of ether oxygens (including phenoxy) is 1. The molecule has 1 aliphatic heterocycles. The van der Waals surface area contributed by atoms with Crippen LogP contribution < -0.4 is 15.4 Å². The van der Waals surface area contributed by atoms with Crippen LogP contribution in [0.2, 0.25) is 0 Å². The molecule has 29 heavy (non-hydrogen) atoms. The Labute approximate surface area is 174 Å². The highest BCUT2D eigenvalue weighted by Gasteiger charge is 2.23. The van der Waals surface area contributed by atoms with Crippen LogP contribution in [0.3, 0.4) is 0 Å². The molecule has 0 saturated carbocycles. The monoisotopic (exact) mass is 405 g/mol. The normalized spacial score (nSPS) is 15.9. The SMILES string of the molecule is CN1CCN(CCOc2ccc(NC(=O)C(=O)NCC(C)(C)N(C)C)cc2)CC1. The molecule has 0 aromatic heterocycles. The van der Waals surface area contributed by atoms with E-state index in [1.54, 1.807) is 24.3 Å². The second-order valence-corrected chi connectivity index (χ2v) is 8.36. The molecule has 0 radical (unpaired) electrons. The van der Waals surface area contributed by atoms with E-state index >= 15 is 0 Å². The summed E-state index contributed by atoms with van der Waals surface area (Å²) in [4.78, 5) is 30.8. The summed E-state index contributed by atoms with van der Waals surface area (Å²) in [6.07, 6.45) is 0. The molecule has 8 heteroatoms. The Morgan fingerprint density at radius 1 is 1.07 bits per heavy atom. The molecule has 0 bridgehead atoms. The number of carbonyl (C=O) groups excluding carboxylic acids is 2. The Kier molecular flexibility index (Phi) is 8.43. The first-order valence-corrected chi connectivity index (χ1v) is 10.1. The predicted octanol–water partition coefficient (Wildman–Crippen LogP) is 0.708. The molecule has 1 aliphatic rings. The van der Waals surface area contributed by atoms with Gasteiger partial charge in [0.1, 0.15) is 12.4 Å². The molecule has 2 N–H and O–H groups in total. The van der Waals surface area contributed by atoms with E-state index in [2.05, 4.69) is 27.5 Å². The van der Waals surface area contributed by atoms with Gasteiger partial charge in [0.05, 0.1) is 0 Å². The van der Waals surface area contributed by atoms with E-state index in [9.17, 15) is 9.59 Å². The van der Waals surface area contributed by atoms with Crippen molar-refractivity contribution in [2.45, 2.75) is 19.4 Å². The number of nitrogens with zero attached hydrogens (tertiary/aromatic N) is 3. The van der Waals surface area contributed by atoms with Gasteiger partial charge in [0.25, 0.3) is 0 Å². The van der Waals surface area contributed by atoms with Crippen molar-refractivity contribution in [2.75, 3.05) is 72.3 Å². The first-order valence-electron chi connectivity index (χ1n) is 10.1. The van der Waals surface area contributed by atoms with Gasteiger partial charge in [-0.2, -0.15) is 0 Å². The van der Waals surface area contributed by atoms with Gasteiger partial charge in [-0.25, -0.2) is 0 Å².